The van der Waals surface area contributed by atoms with Gasteiger partial charge < -0.3 is 10.2 Å². The van der Waals surface area contributed by atoms with E-state index < -0.39 is 0 Å². The van der Waals surface area contributed by atoms with Crippen LogP contribution in [0.5, 0.6) is 0 Å². The topological polar surface area (TPSA) is 28.2 Å². The Morgan fingerprint density at radius 2 is 2.60 bits per heavy atom. The van der Waals surface area contributed by atoms with Crippen LogP contribution >= 0.6 is 11.3 Å². The standard InChI is InChI=1S/C11H19N3S/c1-10-9-14(6-2-4-12-10)7-3-11-13-5-8-15-11/h5,8,10,12H,2-4,6-7,9H2,1H3. The third-order valence-corrected chi connectivity index (χ3v) is 3.64. The lowest BCUT2D eigenvalue weighted by Crippen LogP contribution is -2.36. The van der Waals surface area contributed by atoms with Gasteiger partial charge in [-0.05, 0) is 26.4 Å². The van der Waals surface area contributed by atoms with E-state index in [1.165, 1.54) is 24.5 Å². The Balaban J connectivity index is 1.78. The summed E-state index contributed by atoms with van der Waals surface area (Å²) >= 11 is 1.76. The second-order valence-electron chi connectivity index (χ2n) is 4.19. The van der Waals surface area contributed by atoms with E-state index >= 15 is 0 Å². The van der Waals surface area contributed by atoms with Crippen LogP contribution in [-0.2, 0) is 6.42 Å². The largest absolute Gasteiger partial charge is 0.313 e. The molecular weight excluding hydrogens is 206 g/mol. The van der Waals surface area contributed by atoms with Gasteiger partial charge in [-0.3, -0.25) is 0 Å². The van der Waals surface area contributed by atoms with Crippen molar-refractivity contribution in [2.24, 2.45) is 0 Å². The highest BCUT2D eigenvalue weighted by molar-refractivity contribution is 7.09. The molecule has 4 heteroatoms. The van der Waals surface area contributed by atoms with E-state index in [0.717, 1.165) is 19.5 Å². The lowest BCUT2D eigenvalue weighted by atomic mass is 10.3. The summed E-state index contributed by atoms with van der Waals surface area (Å²) in [6.45, 7) is 6.98. The zero-order valence-corrected chi connectivity index (χ0v) is 10.1. The number of rotatable bonds is 3. The van der Waals surface area contributed by atoms with Crippen LogP contribution in [0, 0.1) is 0 Å². The van der Waals surface area contributed by atoms with Gasteiger partial charge in [-0.2, -0.15) is 0 Å². The van der Waals surface area contributed by atoms with Crippen LogP contribution in [0.4, 0.5) is 0 Å². The van der Waals surface area contributed by atoms with Gasteiger partial charge in [0.1, 0.15) is 0 Å². The van der Waals surface area contributed by atoms with Crippen LogP contribution in [0.2, 0.25) is 0 Å². The summed E-state index contributed by atoms with van der Waals surface area (Å²) in [6, 6.07) is 0.629. The van der Waals surface area contributed by atoms with Crippen molar-refractivity contribution in [3.05, 3.63) is 16.6 Å². The zero-order valence-electron chi connectivity index (χ0n) is 9.28. The molecule has 1 N–H and O–H groups in total. The summed E-state index contributed by atoms with van der Waals surface area (Å²) in [6.07, 6.45) is 4.26. The molecule has 0 spiro atoms. The third-order valence-electron chi connectivity index (χ3n) is 2.80. The molecule has 0 radical (unpaired) electrons. The summed E-state index contributed by atoms with van der Waals surface area (Å²) in [5.74, 6) is 0. The fraction of sp³-hybridized carbons (Fsp3) is 0.727. The number of thiazole rings is 1. The van der Waals surface area contributed by atoms with Crippen molar-refractivity contribution in [2.45, 2.75) is 25.8 Å². The highest BCUT2D eigenvalue weighted by Gasteiger charge is 2.13. The average Bonchev–Trinajstić information content (AvgIpc) is 2.65. The Hall–Kier alpha value is -0.450. The van der Waals surface area contributed by atoms with Crippen LogP contribution in [0.1, 0.15) is 18.4 Å². The molecule has 1 aromatic rings. The molecule has 0 amide bonds. The molecular formula is C11H19N3S. The first-order valence-electron chi connectivity index (χ1n) is 5.69. The SMILES string of the molecule is CC1CN(CCc2nccs2)CCCN1. The molecule has 1 atom stereocenters. The highest BCUT2D eigenvalue weighted by atomic mass is 32.1. The summed E-state index contributed by atoms with van der Waals surface area (Å²) < 4.78 is 0. The molecule has 1 unspecified atom stereocenters. The number of aromatic nitrogens is 1. The van der Waals surface area contributed by atoms with E-state index in [2.05, 4.69) is 27.5 Å². The molecule has 1 aliphatic heterocycles. The van der Waals surface area contributed by atoms with Crippen molar-refractivity contribution in [2.75, 3.05) is 26.2 Å². The molecule has 0 saturated carbocycles. The van der Waals surface area contributed by atoms with Gasteiger partial charge in [-0.15, -0.1) is 11.3 Å². The Bertz CT molecular complexity index is 273. The number of hydrogen-bond acceptors (Lipinski definition) is 4. The van der Waals surface area contributed by atoms with Crippen molar-refractivity contribution in [1.29, 1.82) is 0 Å². The van der Waals surface area contributed by atoms with Gasteiger partial charge in [0.15, 0.2) is 0 Å². The first kappa shape index (κ1) is 11.0. The van der Waals surface area contributed by atoms with Crippen molar-refractivity contribution in [3.63, 3.8) is 0 Å². The molecule has 0 aromatic carbocycles. The molecule has 2 heterocycles. The van der Waals surface area contributed by atoms with E-state index in [-0.39, 0.29) is 0 Å². The Morgan fingerprint density at radius 1 is 1.67 bits per heavy atom. The number of nitrogens with one attached hydrogen (secondary N) is 1. The van der Waals surface area contributed by atoms with Crippen LogP contribution in [0.25, 0.3) is 0 Å². The highest BCUT2D eigenvalue weighted by Crippen LogP contribution is 2.07. The van der Waals surface area contributed by atoms with Gasteiger partial charge in [0.05, 0.1) is 5.01 Å². The maximum Gasteiger partial charge on any atom is 0.0937 e. The molecule has 0 bridgehead atoms. The van der Waals surface area contributed by atoms with Crippen LogP contribution < -0.4 is 5.32 Å². The monoisotopic (exact) mass is 225 g/mol. The molecule has 0 aliphatic carbocycles. The second-order valence-corrected chi connectivity index (χ2v) is 5.16. The summed E-state index contributed by atoms with van der Waals surface area (Å²) in [7, 11) is 0. The fourth-order valence-electron chi connectivity index (χ4n) is 2.03. The Kier molecular flexibility index (Phi) is 4.11. The molecule has 3 nitrogen and oxygen atoms in total. The quantitative estimate of drug-likeness (QED) is 0.842. The third kappa shape index (κ3) is 3.55. The van der Waals surface area contributed by atoms with E-state index in [0.29, 0.717) is 6.04 Å². The summed E-state index contributed by atoms with van der Waals surface area (Å²) in [5.41, 5.74) is 0. The lowest BCUT2D eigenvalue weighted by Gasteiger charge is -2.21. The van der Waals surface area contributed by atoms with E-state index in [1.54, 1.807) is 11.3 Å². The summed E-state index contributed by atoms with van der Waals surface area (Å²) in [5, 5.41) is 6.83. The first-order chi connectivity index (χ1) is 7.34. The van der Waals surface area contributed by atoms with Gasteiger partial charge in [0, 0.05) is 37.1 Å². The molecule has 1 fully saturated rings. The van der Waals surface area contributed by atoms with Crippen molar-refractivity contribution < 1.29 is 0 Å². The molecule has 2 rings (SSSR count). The van der Waals surface area contributed by atoms with Gasteiger partial charge in [-0.25, -0.2) is 4.98 Å². The second kappa shape index (κ2) is 5.58. The number of nitrogens with zero attached hydrogens (tertiary/aromatic N) is 2. The van der Waals surface area contributed by atoms with Crippen LogP contribution in [0.3, 0.4) is 0 Å². The van der Waals surface area contributed by atoms with Gasteiger partial charge in [-0.1, -0.05) is 0 Å². The van der Waals surface area contributed by atoms with Crippen LogP contribution in [0.15, 0.2) is 11.6 Å². The summed E-state index contributed by atoms with van der Waals surface area (Å²) in [4.78, 5) is 6.87. The van der Waals surface area contributed by atoms with E-state index in [1.807, 2.05) is 6.20 Å². The minimum Gasteiger partial charge on any atom is -0.313 e. The van der Waals surface area contributed by atoms with Gasteiger partial charge in [0.2, 0.25) is 0 Å². The Morgan fingerprint density at radius 3 is 3.40 bits per heavy atom. The normalized spacial score (nSPS) is 23.9. The maximum absolute atomic E-state index is 4.32. The van der Waals surface area contributed by atoms with Crippen molar-refractivity contribution in [1.82, 2.24) is 15.2 Å². The van der Waals surface area contributed by atoms with Crippen LogP contribution in [-0.4, -0.2) is 42.1 Å². The van der Waals surface area contributed by atoms with Gasteiger partial charge >= 0.3 is 0 Å². The zero-order chi connectivity index (χ0) is 10.5. The molecule has 1 aromatic heterocycles. The first-order valence-corrected chi connectivity index (χ1v) is 6.56. The molecule has 1 saturated heterocycles. The predicted molar refractivity (Wildman–Crippen MR) is 64.3 cm³/mol. The average molecular weight is 225 g/mol. The molecule has 84 valence electrons. The van der Waals surface area contributed by atoms with Crippen molar-refractivity contribution in [3.8, 4) is 0 Å². The molecule has 1 aliphatic rings. The Labute approximate surface area is 95.5 Å². The minimum absolute atomic E-state index is 0.629. The minimum atomic E-state index is 0.629. The van der Waals surface area contributed by atoms with Gasteiger partial charge in [0.25, 0.3) is 0 Å². The van der Waals surface area contributed by atoms with Crippen molar-refractivity contribution >= 4 is 11.3 Å². The maximum atomic E-state index is 4.32. The lowest BCUT2D eigenvalue weighted by molar-refractivity contribution is 0.276. The molecule has 15 heavy (non-hydrogen) atoms. The predicted octanol–water partition coefficient (Wildman–Crippen LogP) is 1.37. The number of hydrogen-bond donors (Lipinski definition) is 1. The smallest absolute Gasteiger partial charge is 0.0937 e. The van der Waals surface area contributed by atoms with E-state index in [4.69, 9.17) is 0 Å². The fourth-order valence-corrected chi connectivity index (χ4v) is 2.64. The van der Waals surface area contributed by atoms with E-state index in [9.17, 15) is 0 Å².